The van der Waals surface area contributed by atoms with E-state index in [0.717, 1.165) is 0 Å². The van der Waals surface area contributed by atoms with Crippen molar-refractivity contribution in [3.8, 4) is 0 Å². The van der Waals surface area contributed by atoms with E-state index in [1.54, 1.807) is 13.0 Å². The monoisotopic (exact) mass is 354 g/mol. The SMILES string of the molecule is CCCN(Cc1ccc(Br)c([N+](=O)[O-])c1)CC(F)(F)F. The summed E-state index contributed by atoms with van der Waals surface area (Å²) in [4.78, 5) is 11.5. The van der Waals surface area contributed by atoms with Gasteiger partial charge in [-0.05, 0) is 40.5 Å². The van der Waals surface area contributed by atoms with E-state index in [4.69, 9.17) is 0 Å². The van der Waals surface area contributed by atoms with E-state index in [2.05, 4.69) is 15.9 Å². The first-order valence-electron chi connectivity index (χ1n) is 5.95. The van der Waals surface area contributed by atoms with Crippen LogP contribution in [-0.2, 0) is 6.54 Å². The van der Waals surface area contributed by atoms with Gasteiger partial charge in [-0.2, -0.15) is 13.2 Å². The number of hydrogen-bond donors (Lipinski definition) is 0. The molecule has 0 saturated heterocycles. The average molecular weight is 355 g/mol. The highest BCUT2D eigenvalue weighted by atomic mass is 79.9. The molecule has 0 heterocycles. The van der Waals surface area contributed by atoms with Crippen LogP contribution in [0.25, 0.3) is 0 Å². The molecule has 0 fully saturated rings. The van der Waals surface area contributed by atoms with Crippen molar-refractivity contribution in [2.24, 2.45) is 0 Å². The molecule has 0 aromatic heterocycles. The minimum atomic E-state index is -4.28. The highest BCUT2D eigenvalue weighted by molar-refractivity contribution is 9.10. The smallest absolute Gasteiger partial charge is 0.291 e. The van der Waals surface area contributed by atoms with Gasteiger partial charge in [-0.15, -0.1) is 0 Å². The maximum Gasteiger partial charge on any atom is 0.401 e. The molecule has 0 unspecified atom stereocenters. The third-order valence-corrected chi connectivity index (χ3v) is 3.23. The van der Waals surface area contributed by atoms with Gasteiger partial charge in [0.2, 0.25) is 0 Å². The van der Waals surface area contributed by atoms with Crippen LogP contribution >= 0.6 is 15.9 Å². The molecule has 1 rings (SSSR count). The van der Waals surface area contributed by atoms with Crippen LogP contribution in [0.5, 0.6) is 0 Å². The van der Waals surface area contributed by atoms with E-state index in [1.165, 1.54) is 17.0 Å². The molecule has 0 aliphatic carbocycles. The lowest BCUT2D eigenvalue weighted by Crippen LogP contribution is -2.34. The molecule has 0 aliphatic rings. The van der Waals surface area contributed by atoms with Gasteiger partial charge >= 0.3 is 6.18 Å². The second-order valence-electron chi connectivity index (χ2n) is 4.37. The molecule has 0 aliphatic heterocycles. The van der Waals surface area contributed by atoms with Gasteiger partial charge in [0.05, 0.1) is 15.9 Å². The lowest BCUT2D eigenvalue weighted by molar-refractivity contribution is -0.385. The third-order valence-electron chi connectivity index (χ3n) is 2.56. The van der Waals surface area contributed by atoms with Gasteiger partial charge in [0.25, 0.3) is 5.69 Å². The molecule has 1 aromatic carbocycles. The van der Waals surface area contributed by atoms with Crippen molar-refractivity contribution >= 4 is 21.6 Å². The highest BCUT2D eigenvalue weighted by Gasteiger charge is 2.30. The van der Waals surface area contributed by atoms with Crippen molar-refractivity contribution < 1.29 is 18.1 Å². The predicted molar refractivity (Wildman–Crippen MR) is 72.4 cm³/mol. The first-order chi connectivity index (χ1) is 9.23. The van der Waals surface area contributed by atoms with Crippen LogP contribution in [0.1, 0.15) is 18.9 Å². The molecule has 0 radical (unpaired) electrons. The first-order valence-corrected chi connectivity index (χ1v) is 6.74. The summed E-state index contributed by atoms with van der Waals surface area (Å²) < 4.78 is 37.6. The third kappa shape index (κ3) is 5.46. The Morgan fingerprint density at radius 1 is 1.40 bits per heavy atom. The van der Waals surface area contributed by atoms with Gasteiger partial charge in [0.1, 0.15) is 0 Å². The Labute approximate surface area is 122 Å². The summed E-state index contributed by atoms with van der Waals surface area (Å²) in [6.07, 6.45) is -3.70. The molecular formula is C12H14BrF3N2O2. The fraction of sp³-hybridized carbons (Fsp3) is 0.500. The molecule has 112 valence electrons. The van der Waals surface area contributed by atoms with Gasteiger partial charge in [-0.1, -0.05) is 13.0 Å². The van der Waals surface area contributed by atoms with Gasteiger partial charge in [-0.3, -0.25) is 15.0 Å². The molecule has 0 atom stereocenters. The summed E-state index contributed by atoms with van der Waals surface area (Å²) in [6, 6.07) is 4.35. The molecule has 0 bridgehead atoms. The molecule has 0 amide bonds. The molecule has 0 spiro atoms. The molecule has 20 heavy (non-hydrogen) atoms. The van der Waals surface area contributed by atoms with E-state index in [-0.39, 0.29) is 18.8 Å². The number of rotatable bonds is 6. The van der Waals surface area contributed by atoms with Crippen molar-refractivity contribution in [2.75, 3.05) is 13.1 Å². The second kappa shape index (κ2) is 7.03. The Morgan fingerprint density at radius 2 is 2.05 bits per heavy atom. The molecule has 1 aromatic rings. The van der Waals surface area contributed by atoms with Crippen LogP contribution in [0.4, 0.5) is 18.9 Å². The lowest BCUT2D eigenvalue weighted by Gasteiger charge is -2.23. The van der Waals surface area contributed by atoms with Crippen molar-refractivity contribution in [2.45, 2.75) is 26.1 Å². The number of nitrogens with zero attached hydrogens (tertiary/aromatic N) is 2. The Balaban J connectivity index is 2.88. The summed E-state index contributed by atoms with van der Waals surface area (Å²) >= 11 is 3.04. The van der Waals surface area contributed by atoms with Gasteiger partial charge in [0, 0.05) is 12.6 Å². The van der Waals surface area contributed by atoms with Crippen LogP contribution in [0.2, 0.25) is 0 Å². The quantitative estimate of drug-likeness (QED) is 0.569. The summed E-state index contributed by atoms with van der Waals surface area (Å²) in [5.74, 6) is 0. The minimum absolute atomic E-state index is 0.0292. The molecule has 4 nitrogen and oxygen atoms in total. The Kier molecular flexibility index (Phi) is 5.94. The van der Waals surface area contributed by atoms with E-state index in [1.807, 2.05) is 0 Å². The summed E-state index contributed by atoms with van der Waals surface area (Å²) in [5.41, 5.74) is 0.337. The number of hydrogen-bond acceptors (Lipinski definition) is 3. The molecule has 0 N–H and O–H groups in total. The highest BCUT2D eigenvalue weighted by Crippen LogP contribution is 2.26. The Bertz CT molecular complexity index is 480. The van der Waals surface area contributed by atoms with E-state index in [9.17, 15) is 23.3 Å². The minimum Gasteiger partial charge on any atom is -0.291 e. The number of nitro groups is 1. The van der Waals surface area contributed by atoms with Crippen LogP contribution < -0.4 is 0 Å². The lowest BCUT2D eigenvalue weighted by atomic mass is 10.2. The van der Waals surface area contributed by atoms with Crippen molar-refractivity contribution in [1.82, 2.24) is 4.90 Å². The normalized spacial score (nSPS) is 11.9. The standard InChI is InChI=1S/C12H14BrF3N2O2/c1-2-5-17(8-12(14,15)16)7-9-3-4-10(13)11(6-9)18(19)20/h3-4,6H,2,5,7-8H2,1H3. The molecule has 8 heteroatoms. The maximum atomic E-state index is 12.4. The zero-order valence-corrected chi connectivity index (χ0v) is 12.4. The van der Waals surface area contributed by atoms with Crippen LogP contribution in [0.3, 0.4) is 0 Å². The fourth-order valence-corrected chi connectivity index (χ4v) is 2.23. The van der Waals surface area contributed by atoms with E-state index < -0.39 is 17.6 Å². The number of halogens is 4. The maximum absolute atomic E-state index is 12.4. The predicted octanol–water partition coefficient (Wildman–Crippen LogP) is 4.13. The fourth-order valence-electron chi connectivity index (χ4n) is 1.84. The summed E-state index contributed by atoms with van der Waals surface area (Å²) in [6.45, 7) is 1.07. The Morgan fingerprint density at radius 3 is 2.55 bits per heavy atom. The van der Waals surface area contributed by atoms with Crippen molar-refractivity contribution in [3.05, 3.63) is 38.3 Å². The van der Waals surface area contributed by atoms with E-state index >= 15 is 0 Å². The summed E-state index contributed by atoms with van der Waals surface area (Å²) in [5, 5.41) is 10.8. The Hall–Kier alpha value is -1.15. The number of nitro benzene ring substituents is 1. The van der Waals surface area contributed by atoms with Gasteiger partial charge < -0.3 is 0 Å². The summed E-state index contributed by atoms with van der Waals surface area (Å²) in [7, 11) is 0. The topological polar surface area (TPSA) is 46.4 Å². The van der Waals surface area contributed by atoms with Crippen LogP contribution in [0.15, 0.2) is 22.7 Å². The van der Waals surface area contributed by atoms with Gasteiger partial charge in [-0.25, -0.2) is 0 Å². The van der Waals surface area contributed by atoms with Crippen LogP contribution in [-0.4, -0.2) is 29.1 Å². The molecular weight excluding hydrogens is 341 g/mol. The average Bonchev–Trinajstić information content (AvgIpc) is 2.29. The number of benzene rings is 1. The second-order valence-corrected chi connectivity index (χ2v) is 5.22. The first kappa shape index (κ1) is 16.9. The van der Waals surface area contributed by atoms with Crippen LogP contribution in [0, 0.1) is 10.1 Å². The van der Waals surface area contributed by atoms with Crippen molar-refractivity contribution in [3.63, 3.8) is 0 Å². The zero-order chi connectivity index (χ0) is 15.3. The largest absolute Gasteiger partial charge is 0.401 e. The molecule has 0 saturated carbocycles. The van der Waals surface area contributed by atoms with Gasteiger partial charge in [0.15, 0.2) is 0 Å². The number of alkyl halides is 3. The van der Waals surface area contributed by atoms with Crippen molar-refractivity contribution in [1.29, 1.82) is 0 Å². The zero-order valence-electron chi connectivity index (χ0n) is 10.8. The van der Waals surface area contributed by atoms with E-state index in [0.29, 0.717) is 16.5 Å².